The Kier molecular flexibility index (Phi) is 5.62. The molecular formula is C16H36O2Si3. The largest absolute Gasteiger partial charge is 0.436 e. The van der Waals surface area contributed by atoms with E-state index in [2.05, 4.69) is 39.3 Å². The minimum absolute atomic E-state index is 0.865. The third kappa shape index (κ3) is 4.77. The van der Waals surface area contributed by atoms with Crippen molar-refractivity contribution in [3.63, 3.8) is 0 Å². The van der Waals surface area contributed by atoms with Crippen LogP contribution in [0.4, 0.5) is 0 Å². The molecule has 0 aromatic carbocycles. The first kappa shape index (κ1) is 17.9. The minimum Gasteiger partial charge on any atom is -0.436 e. The van der Waals surface area contributed by atoms with Crippen LogP contribution in [0.5, 0.6) is 0 Å². The summed E-state index contributed by atoms with van der Waals surface area (Å²) < 4.78 is 13.6. The second kappa shape index (κ2) is 6.59. The summed E-state index contributed by atoms with van der Waals surface area (Å²) in [5.74, 6) is 0. The molecule has 0 spiro atoms. The standard InChI is InChI=1S/C16H36O2Si3/c1-19(2,15-11-7-8-12-15)17-21(5,6)18-20(3,4)16-13-9-10-14-16/h15-16H,7-14H2,1-6H3. The van der Waals surface area contributed by atoms with Gasteiger partial charge in [0.05, 0.1) is 0 Å². The van der Waals surface area contributed by atoms with Gasteiger partial charge in [-0.1, -0.05) is 51.4 Å². The fourth-order valence-electron chi connectivity index (χ4n) is 4.70. The highest BCUT2D eigenvalue weighted by atomic mass is 28.5. The van der Waals surface area contributed by atoms with Crippen molar-refractivity contribution < 1.29 is 8.23 Å². The van der Waals surface area contributed by atoms with E-state index >= 15 is 0 Å². The molecule has 0 saturated heterocycles. The topological polar surface area (TPSA) is 18.5 Å². The maximum Gasteiger partial charge on any atom is 0.311 e. The highest BCUT2D eigenvalue weighted by Crippen LogP contribution is 2.43. The molecule has 0 atom stereocenters. The fourth-order valence-corrected chi connectivity index (χ4v) is 20.3. The smallest absolute Gasteiger partial charge is 0.311 e. The fraction of sp³-hybridized carbons (Fsp3) is 1.00. The highest BCUT2D eigenvalue weighted by molar-refractivity contribution is 6.88. The minimum atomic E-state index is -1.99. The van der Waals surface area contributed by atoms with Crippen LogP contribution in [0.2, 0.25) is 50.4 Å². The monoisotopic (exact) mass is 344 g/mol. The molecule has 0 amide bonds. The molecule has 124 valence electrons. The van der Waals surface area contributed by atoms with Gasteiger partial charge in [-0.2, -0.15) is 0 Å². The number of rotatable bonds is 6. The van der Waals surface area contributed by atoms with Crippen LogP contribution in [-0.2, 0) is 8.23 Å². The first-order valence-corrected chi connectivity index (χ1v) is 17.8. The maximum atomic E-state index is 6.79. The Balaban J connectivity index is 1.96. The van der Waals surface area contributed by atoms with Crippen molar-refractivity contribution in [3.8, 4) is 0 Å². The lowest BCUT2D eigenvalue weighted by Crippen LogP contribution is -2.54. The molecule has 2 rings (SSSR count). The zero-order valence-electron chi connectivity index (χ0n) is 15.1. The Bertz CT molecular complexity index is 311. The maximum absolute atomic E-state index is 6.79. The first-order chi connectivity index (χ1) is 9.62. The first-order valence-electron chi connectivity index (χ1n) is 9.03. The molecule has 2 aliphatic rings. The van der Waals surface area contributed by atoms with Gasteiger partial charge in [-0.3, -0.25) is 0 Å². The third-order valence-electron chi connectivity index (χ3n) is 5.69. The van der Waals surface area contributed by atoms with Gasteiger partial charge in [0, 0.05) is 0 Å². The van der Waals surface area contributed by atoms with Crippen LogP contribution in [0, 0.1) is 0 Å². The summed E-state index contributed by atoms with van der Waals surface area (Å²) in [6, 6.07) is 0. The molecule has 0 aromatic rings. The Labute approximate surface area is 135 Å². The Morgan fingerprint density at radius 3 is 1.14 bits per heavy atom. The van der Waals surface area contributed by atoms with Gasteiger partial charge >= 0.3 is 8.56 Å². The summed E-state index contributed by atoms with van der Waals surface area (Å²) in [4.78, 5) is 0. The Hall–Kier alpha value is 0.571. The van der Waals surface area contributed by atoms with Gasteiger partial charge in [-0.05, 0) is 50.4 Å². The number of hydrogen-bond donors (Lipinski definition) is 0. The molecule has 2 fully saturated rings. The molecule has 0 radical (unpaired) electrons. The molecule has 0 unspecified atom stereocenters. The Morgan fingerprint density at radius 2 is 0.857 bits per heavy atom. The van der Waals surface area contributed by atoms with Crippen LogP contribution in [-0.4, -0.2) is 25.2 Å². The van der Waals surface area contributed by atoms with Crippen LogP contribution >= 0.6 is 0 Å². The van der Waals surface area contributed by atoms with E-state index in [4.69, 9.17) is 8.23 Å². The van der Waals surface area contributed by atoms with Gasteiger partial charge in [-0.25, -0.2) is 0 Å². The van der Waals surface area contributed by atoms with Gasteiger partial charge in [0.1, 0.15) is 0 Å². The van der Waals surface area contributed by atoms with Crippen molar-refractivity contribution in [1.29, 1.82) is 0 Å². The molecule has 2 nitrogen and oxygen atoms in total. The van der Waals surface area contributed by atoms with Crippen molar-refractivity contribution in [2.45, 2.75) is 102 Å². The van der Waals surface area contributed by atoms with E-state index in [9.17, 15) is 0 Å². The normalized spacial score (nSPS) is 23.1. The number of hydrogen-bond acceptors (Lipinski definition) is 2. The van der Waals surface area contributed by atoms with E-state index in [1.54, 1.807) is 0 Å². The lowest BCUT2D eigenvalue weighted by molar-refractivity contribution is 0.374. The van der Waals surface area contributed by atoms with Crippen LogP contribution in [0.3, 0.4) is 0 Å². The SMILES string of the molecule is C[Si](C)(O[Si](C)(C)C1CCCC1)O[Si](C)(C)C1CCCC1. The zero-order valence-corrected chi connectivity index (χ0v) is 18.1. The van der Waals surface area contributed by atoms with Gasteiger partial charge in [0.2, 0.25) is 0 Å². The van der Waals surface area contributed by atoms with Crippen molar-refractivity contribution in [2.75, 3.05) is 0 Å². The molecule has 0 aliphatic heterocycles. The molecule has 0 heterocycles. The van der Waals surface area contributed by atoms with Crippen molar-refractivity contribution in [1.82, 2.24) is 0 Å². The summed E-state index contributed by atoms with van der Waals surface area (Å²) in [7, 11) is -5.16. The van der Waals surface area contributed by atoms with Crippen LogP contribution in [0.15, 0.2) is 0 Å². The van der Waals surface area contributed by atoms with Crippen molar-refractivity contribution in [2.24, 2.45) is 0 Å². The van der Waals surface area contributed by atoms with Gasteiger partial charge in [0.25, 0.3) is 0 Å². The van der Waals surface area contributed by atoms with Crippen molar-refractivity contribution >= 4 is 25.2 Å². The summed E-state index contributed by atoms with van der Waals surface area (Å²) >= 11 is 0. The molecule has 2 aliphatic carbocycles. The average Bonchev–Trinajstić information content (AvgIpc) is 3.00. The predicted molar refractivity (Wildman–Crippen MR) is 99.1 cm³/mol. The summed E-state index contributed by atoms with van der Waals surface area (Å²) in [6.45, 7) is 14.4. The molecule has 21 heavy (non-hydrogen) atoms. The highest BCUT2D eigenvalue weighted by Gasteiger charge is 2.46. The van der Waals surface area contributed by atoms with Crippen LogP contribution < -0.4 is 0 Å². The third-order valence-corrected chi connectivity index (χ3v) is 18.9. The summed E-state index contributed by atoms with van der Waals surface area (Å²) in [5, 5.41) is 0. The molecule has 0 bridgehead atoms. The lowest BCUT2D eigenvalue weighted by Gasteiger charge is -2.42. The van der Waals surface area contributed by atoms with Crippen molar-refractivity contribution in [3.05, 3.63) is 0 Å². The quantitative estimate of drug-likeness (QED) is 0.548. The van der Waals surface area contributed by atoms with Gasteiger partial charge < -0.3 is 8.23 Å². The molecular weight excluding hydrogens is 308 g/mol. The van der Waals surface area contributed by atoms with E-state index in [1.165, 1.54) is 51.4 Å². The van der Waals surface area contributed by atoms with E-state index in [0.29, 0.717) is 0 Å². The second-order valence-electron chi connectivity index (χ2n) is 8.77. The molecule has 2 saturated carbocycles. The second-order valence-corrected chi connectivity index (χ2v) is 21.3. The van der Waals surface area contributed by atoms with E-state index in [-0.39, 0.29) is 0 Å². The predicted octanol–water partition coefficient (Wildman–Crippen LogP) is 6.02. The summed E-state index contributed by atoms with van der Waals surface area (Å²) in [6.07, 6.45) is 11.2. The van der Waals surface area contributed by atoms with Crippen LogP contribution in [0.25, 0.3) is 0 Å². The van der Waals surface area contributed by atoms with E-state index in [0.717, 1.165) is 11.1 Å². The molecule has 0 aromatic heterocycles. The lowest BCUT2D eigenvalue weighted by atomic mass is 10.4. The van der Waals surface area contributed by atoms with Gasteiger partial charge in [0.15, 0.2) is 16.6 Å². The average molecular weight is 345 g/mol. The van der Waals surface area contributed by atoms with Gasteiger partial charge in [-0.15, -0.1) is 0 Å². The molecule has 0 N–H and O–H groups in total. The van der Waals surface area contributed by atoms with E-state index < -0.39 is 25.2 Å². The Morgan fingerprint density at radius 1 is 0.571 bits per heavy atom. The van der Waals surface area contributed by atoms with Crippen LogP contribution in [0.1, 0.15) is 51.4 Å². The zero-order chi connectivity index (χ0) is 15.7. The van der Waals surface area contributed by atoms with E-state index in [1.807, 2.05) is 0 Å². The molecule has 5 heteroatoms. The summed E-state index contributed by atoms with van der Waals surface area (Å²) in [5.41, 5.74) is 1.73.